The van der Waals surface area contributed by atoms with E-state index in [1.165, 1.54) is 31.2 Å². The number of halogens is 1. The predicted octanol–water partition coefficient (Wildman–Crippen LogP) is 1.89. The molecule has 8 nitrogen and oxygen atoms in total. The number of rotatable bonds is 3. The van der Waals surface area contributed by atoms with Crippen LogP contribution >= 0.6 is 10.7 Å². The first-order chi connectivity index (χ1) is 9.75. The summed E-state index contributed by atoms with van der Waals surface area (Å²) >= 11 is 0. The zero-order chi connectivity index (χ0) is 15.8. The summed E-state index contributed by atoms with van der Waals surface area (Å²) in [5.41, 5.74) is 0.112. The van der Waals surface area contributed by atoms with Crippen molar-refractivity contribution in [1.29, 1.82) is 5.26 Å². The van der Waals surface area contributed by atoms with E-state index in [9.17, 15) is 18.5 Å². The van der Waals surface area contributed by atoms with E-state index < -0.39 is 19.0 Å². The first-order valence-corrected chi connectivity index (χ1v) is 7.76. The minimum absolute atomic E-state index is 0.154. The monoisotopic (exact) mass is 326 g/mol. The van der Waals surface area contributed by atoms with Crippen LogP contribution in [0.4, 0.5) is 5.69 Å². The zero-order valence-corrected chi connectivity index (χ0v) is 12.1. The molecule has 2 aromatic rings. The Bertz CT molecular complexity index is 865. The number of nitro groups is 1. The molecule has 0 unspecified atom stereocenters. The second-order valence-electron chi connectivity index (χ2n) is 4.00. The second kappa shape index (κ2) is 5.16. The Morgan fingerprint density at radius 3 is 2.38 bits per heavy atom. The van der Waals surface area contributed by atoms with E-state index in [0.29, 0.717) is 0 Å². The van der Waals surface area contributed by atoms with Crippen LogP contribution in [0.2, 0.25) is 0 Å². The van der Waals surface area contributed by atoms with Gasteiger partial charge in [0.15, 0.2) is 5.03 Å². The van der Waals surface area contributed by atoms with Crippen LogP contribution in [0.5, 0.6) is 0 Å². The molecule has 0 aliphatic carbocycles. The molecule has 0 N–H and O–H groups in total. The van der Waals surface area contributed by atoms with E-state index in [-0.39, 0.29) is 22.6 Å². The van der Waals surface area contributed by atoms with Crippen molar-refractivity contribution < 1.29 is 13.3 Å². The lowest BCUT2D eigenvalue weighted by atomic mass is 10.3. The summed E-state index contributed by atoms with van der Waals surface area (Å²) in [6.45, 7) is 1.46. The lowest BCUT2D eigenvalue weighted by Gasteiger charge is -2.04. The van der Waals surface area contributed by atoms with E-state index in [1.54, 1.807) is 6.07 Å². The Balaban J connectivity index is 2.70. The number of benzene rings is 1. The first kappa shape index (κ1) is 15.0. The van der Waals surface area contributed by atoms with Crippen molar-refractivity contribution in [1.82, 2.24) is 9.78 Å². The average Bonchev–Trinajstić information content (AvgIpc) is 2.75. The zero-order valence-electron chi connectivity index (χ0n) is 10.5. The molecule has 108 valence electrons. The molecule has 0 aliphatic rings. The summed E-state index contributed by atoms with van der Waals surface area (Å²) in [5, 5.41) is 23.1. The van der Waals surface area contributed by atoms with Gasteiger partial charge in [-0.3, -0.25) is 10.1 Å². The SMILES string of the molecule is Cc1nn(-c2ccc([N+](=O)[O-])cc2)c(S(=O)(=O)Cl)c1C#N. The number of aromatic nitrogens is 2. The third kappa shape index (κ3) is 2.72. The van der Waals surface area contributed by atoms with Crippen LogP contribution in [-0.2, 0) is 9.05 Å². The van der Waals surface area contributed by atoms with Gasteiger partial charge in [-0.1, -0.05) is 0 Å². The van der Waals surface area contributed by atoms with Crippen molar-refractivity contribution in [3.8, 4) is 11.8 Å². The largest absolute Gasteiger partial charge is 0.280 e. The van der Waals surface area contributed by atoms with Crippen molar-refractivity contribution in [2.75, 3.05) is 0 Å². The molecule has 0 radical (unpaired) electrons. The Hall–Kier alpha value is -2.44. The van der Waals surface area contributed by atoms with Gasteiger partial charge in [0.05, 0.1) is 16.3 Å². The number of hydrogen-bond donors (Lipinski definition) is 0. The molecule has 1 heterocycles. The number of aryl methyl sites for hydroxylation is 1. The molecule has 0 atom stereocenters. The highest BCUT2D eigenvalue weighted by Gasteiger charge is 2.26. The van der Waals surface area contributed by atoms with Gasteiger partial charge in [0.1, 0.15) is 11.6 Å². The molecule has 0 spiro atoms. The van der Waals surface area contributed by atoms with Crippen LogP contribution in [0.25, 0.3) is 5.69 Å². The molecule has 0 amide bonds. The standard InChI is InChI=1S/C11H7ClN4O4S/c1-7-10(6-13)11(21(12,19)20)15(14-7)8-2-4-9(5-3-8)16(17)18/h2-5H,1H3. The van der Waals surface area contributed by atoms with Crippen LogP contribution in [0.15, 0.2) is 29.3 Å². The summed E-state index contributed by atoms with van der Waals surface area (Å²) in [4.78, 5) is 10.0. The topological polar surface area (TPSA) is 119 Å². The normalized spacial score (nSPS) is 11.1. The predicted molar refractivity (Wildman–Crippen MR) is 72.7 cm³/mol. The van der Waals surface area contributed by atoms with Crippen molar-refractivity contribution in [3.63, 3.8) is 0 Å². The maximum absolute atomic E-state index is 11.6. The van der Waals surface area contributed by atoms with E-state index in [4.69, 9.17) is 15.9 Å². The molecular weight excluding hydrogens is 320 g/mol. The van der Waals surface area contributed by atoms with E-state index in [0.717, 1.165) is 4.68 Å². The van der Waals surface area contributed by atoms with Gasteiger partial charge >= 0.3 is 0 Å². The summed E-state index contributed by atoms with van der Waals surface area (Å²) in [6.07, 6.45) is 0. The number of nitrogens with zero attached hydrogens (tertiary/aromatic N) is 4. The molecule has 10 heteroatoms. The van der Waals surface area contributed by atoms with Crippen LogP contribution in [0.1, 0.15) is 11.3 Å². The van der Waals surface area contributed by atoms with Gasteiger partial charge in [0, 0.05) is 22.8 Å². The Morgan fingerprint density at radius 1 is 1.38 bits per heavy atom. The van der Waals surface area contributed by atoms with Crippen LogP contribution in [-0.4, -0.2) is 23.1 Å². The second-order valence-corrected chi connectivity index (χ2v) is 6.48. The number of non-ortho nitro benzene ring substituents is 1. The highest BCUT2D eigenvalue weighted by Crippen LogP contribution is 2.26. The Morgan fingerprint density at radius 2 is 1.95 bits per heavy atom. The van der Waals surface area contributed by atoms with E-state index in [2.05, 4.69) is 5.10 Å². The third-order valence-electron chi connectivity index (χ3n) is 2.67. The van der Waals surface area contributed by atoms with Crippen LogP contribution in [0.3, 0.4) is 0 Å². The van der Waals surface area contributed by atoms with Gasteiger partial charge in [-0.15, -0.1) is 0 Å². The fourth-order valence-electron chi connectivity index (χ4n) is 1.75. The summed E-state index contributed by atoms with van der Waals surface area (Å²) in [6, 6.07) is 6.76. The first-order valence-electron chi connectivity index (χ1n) is 5.45. The number of nitriles is 1. The summed E-state index contributed by atoms with van der Waals surface area (Å²) in [5.74, 6) is 0. The minimum Gasteiger partial charge on any atom is -0.258 e. The van der Waals surface area contributed by atoms with Gasteiger partial charge in [0.2, 0.25) is 0 Å². The molecule has 0 saturated heterocycles. The molecule has 1 aromatic carbocycles. The van der Waals surface area contributed by atoms with Crippen molar-refractivity contribution >= 4 is 25.4 Å². The van der Waals surface area contributed by atoms with Gasteiger partial charge in [-0.25, -0.2) is 13.1 Å². The Kier molecular flexibility index (Phi) is 3.67. The van der Waals surface area contributed by atoms with E-state index in [1.807, 2.05) is 0 Å². The summed E-state index contributed by atoms with van der Waals surface area (Å²) < 4.78 is 24.3. The highest BCUT2D eigenvalue weighted by molar-refractivity contribution is 8.13. The highest BCUT2D eigenvalue weighted by atomic mass is 35.7. The number of hydrogen-bond acceptors (Lipinski definition) is 6. The number of nitro benzene ring substituents is 1. The molecule has 0 fully saturated rings. The summed E-state index contributed by atoms with van der Waals surface area (Å²) in [7, 11) is 1.13. The van der Waals surface area contributed by atoms with Gasteiger partial charge in [-0.2, -0.15) is 10.4 Å². The van der Waals surface area contributed by atoms with Crippen molar-refractivity contribution in [3.05, 3.63) is 45.6 Å². The van der Waals surface area contributed by atoms with Crippen molar-refractivity contribution in [2.45, 2.75) is 11.9 Å². The van der Waals surface area contributed by atoms with Gasteiger partial charge in [0.25, 0.3) is 14.7 Å². The fourth-order valence-corrected chi connectivity index (χ4v) is 2.97. The van der Waals surface area contributed by atoms with Crippen LogP contribution < -0.4 is 0 Å². The molecule has 0 saturated carbocycles. The van der Waals surface area contributed by atoms with Crippen molar-refractivity contribution in [2.24, 2.45) is 0 Å². The average molecular weight is 327 g/mol. The smallest absolute Gasteiger partial charge is 0.258 e. The molecule has 1 aromatic heterocycles. The molecule has 21 heavy (non-hydrogen) atoms. The molecule has 0 aliphatic heterocycles. The lowest BCUT2D eigenvalue weighted by molar-refractivity contribution is -0.384. The van der Waals surface area contributed by atoms with Gasteiger partial charge < -0.3 is 0 Å². The quantitative estimate of drug-likeness (QED) is 0.482. The van der Waals surface area contributed by atoms with Crippen LogP contribution in [0, 0.1) is 28.4 Å². The molecular formula is C11H7ClN4O4S. The third-order valence-corrected chi connectivity index (χ3v) is 3.94. The van der Waals surface area contributed by atoms with Gasteiger partial charge in [-0.05, 0) is 19.1 Å². The maximum atomic E-state index is 11.6. The maximum Gasteiger partial charge on any atom is 0.280 e. The van der Waals surface area contributed by atoms with E-state index >= 15 is 0 Å². The fraction of sp³-hybridized carbons (Fsp3) is 0.0909. The molecule has 2 rings (SSSR count). The minimum atomic E-state index is -4.21. The lowest BCUT2D eigenvalue weighted by Crippen LogP contribution is -2.06. The molecule has 0 bridgehead atoms. The Labute approximate surface area is 123 Å².